The number of halogens is 2. The summed E-state index contributed by atoms with van der Waals surface area (Å²) in [5, 5.41) is 8.93. The van der Waals surface area contributed by atoms with E-state index in [-0.39, 0.29) is 6.61 Å². The summed E-state index contributed by atoms with van der Waals surface area (Å²) in [5.41, 5.74) is 1.07. The lowest BCUT2D eigenvalue weighted by Crippen LogP contribution is -1.93. The quantitative estimate of drug-likeness (QED) is 0.911. The Balaban J connectivity index is 2.22. The Bertz CT molecular complexity index is 329. The predicted octanol–water partition coefficient (Wildman–Crippen LogP) is 2.70. The normalized spacial score (nSPS) is 26.1. The third kappa shape index (κ3) is 1.95. The largest absolute Gasteiger partial charge is 0.396 e. The molecule has 1 aliphatic rings. The molecule has 0 radical (unpaired) electrons. The minimum atomic E-state index is 0.273. The van der Waals surface area contributed by atoms with Crippen molar-refractivity contribution >= 4 is 31.9 Å². The zero-order chi connectivity index (χ0) is 9.42. The predicted molar refractivity (Wildman–Crippen MR) is 57.6 cm³/mol. The maximum Gasteiger partial charge on any atom is 0.0580 e. The van der Waals surface area contributed by atoms with Gasteiger partial charge in [0.15, 0.2) is 0 Å². The summed E-state index contributed by atoms with van der Waals surface area (Å²) in [7, 11) is 0. The van der Waals surface area contributed by atoms with Crippen molar-refractivity contribution in [3.63, 3.8) is 0 Å². The molecular formula is C9H9Br2NO. The Morgan fingerprint density at radius 2 is 2.31 bits per heavy atom. The highest BCUT2D eigenvalue weighted by molar-refractivity contribution is 9.11. The van der Waals surface area contributed by atoms with Gasteiger partial charge in [0.2, 0.25) is 0 Å². The van der Waals surface area contributed by atoms with Crippen molar-refractivity contribution in [3.8, 4) is 0 Å². The minimum absolute atomic E-state index is 0.273. The van der Waals surface area contributed by atoms with E-state index in [1.54, 1.807) is 6.20 Å². The first kappa shape index (κ1) is 9.62. The third-order valence-corrected chi connectivity index (χ3v) is 3.41. The summed E-state index contributed by atoms with van der Waals surface area (Å²) in [6.45, 7) is 0.273. The maximum absolute atomic E-state index is 8.93. The molecule has 0 aromatic carbocycles. The Morgan fingerprint density at radius 1 is 1.54 bits per heavy atom. The van der Waals surface area contributed by atoms with E-state index < -0.39 is 0 Å². The molecule has 0 amide bonds. The first-order chi connectivity index (χ1) is 6.22. The van der Waals surface area contributed by atoms with Crippen LogP contribution in [0.3, 0.4) is 0 Å². The molecule has 2 unspecified atom stereocenters. The Labute approximate surface area is 93.6 Å². The second kappa shape index (κ2) is 3.67. The highest BCUT2D eigenvalue weighted by Crippen LogP contribution is 2.48. The molecule has 70 valence electrons. The van der Waals surface area contributed by atoms with Crippen LogP contribution in [-0.4, -0.2) is 16.7 Å². The molecule has 1 aromatic heterocycles. The molecule has 4 heteroatoms. The number of nitrogens with zero attached hydrogens (tertiary/aromatic N) is 1. The minimum Gasteiger partial charge on any atom is -0.396 e. The first-order valence-corrected chi connectivity index (χ1v) is 5.72. The Morgan fingerprint density at radius 3 is 2.85 bits per heavy atom. The van der Waals surface area contributed by atoms with E-state index >= 15 is 0 Å². The van der Waals surface area contributed by atoms with Crippen molar-refractivity contribution in [1.82, 2.24) is 4.98 Å². The molecule has 1 aliphatic carbocycles. The molecule has 0 spiro atoms. The molecule has 0 bridgehead atoms. The average Bonchev–Trinajstić information content (AvgIpc) is 2.83. The summed E-state index contributed by atoms with van der Waals surface area (Å²) >= 11 is 6.83. The van der Waals surface area contributed by atoms with Gasteiger partial charge in [-0.2, -0.15) is 0 Å². The fourth-order valence-corrected chi connectivity index (χ4v) is 2.76. The van der Waals surface area contributed by atoms with Gasteiger partial charge in [-0.15, -0.1) is 0 Å². The average molecular weight is 307 g/mol. The van der Waals surface area contributed by atoms with Crippen LogP contribution < -0.4 is 0 Å². The van der Waals surface area contributed by atoms with Gasteiger partial charge in [-0.25, -0.2) is 0 Å². The van der Waals surface area contributed by atoms with E-state index in [0.29, 0.717) is 11.8 Å². The van der Waals surface area contributed by atoms with Gasteiger partial charge in [0.25, 0.3) is 0 Å². The number of aliphatic hydroxyl groups is 1. The van der Waals surface area contributed by atoms with Crippen molar-refractivity contribution in [3.05, 3.63) is 26.9 Å². The lowest BCUT2D eigenvalue weighted by molar-refractivity contribution is 0.273. The fourth-order valence-electron chi connectivity index (χ4n) is 1.48. The standard InChI is InChI=1S/C9H9Br2NO/c10-6-2-8(11)9(12-3-6)7-1-5(7)4-13/h2-3,5,7,13H,1,4H2. The zero-order valence-corrected chi connectivity index (χ0v) is 10.0. The van der Waals surface area contributed by atoms with E-state index in [1.807, 2.05) is 6.07 Å². The number of pyridine rings is 1. The number of hydrogen-bond acceptors (Lipinski definition) is 2. The summed E-state index contributed by atoms with van der Waals surface area (Å²) < 4.78 is 2.01. The highest BCUT2D eigenvalue weighted by Gasteiger charge is 2.39. The smallest absolute Gasteiger partial charge is 0.0580 e. The van der Waals surface area contributed by atoms with Gasteiger partial charge in [0.05, 0.1) is 5.69 Å². The molecule has 2 atom stereocenters. The molecule has 1 saturated carbocycles. The van der Waals surface area contributed by atoms with Crippen LogP contribution in [0.2, 0.25) is 0 Å². The lowest BCUT2D eigenvalue weighted by Gasteiger charge is -2.01. The Hall–Kier alpha value is 0.0700. The van der Waals surface area contributed by atoms with Gasteiger partial charge in [-0.05, 0) is 50.3 Å². The van der Waals surface area contributed by atoms with Crippen LogP contribution in [0.1, 0.15) is 18.0 Å². The maximum atomic E-state index is 8.93. The van der Waals surface area contributed by atoms with Gasteiger partial charge >= 0.3 is 0 Å². The summed E-state index contributed by atoms with van der Waals surface area (Å²) in [5.74, 6) is 0.873. The molecule has 1 heterocycles. The zero-order valence-electron chi connectivity index (χ0n) is 6.87. The molecule has 0 saturated heterocycles. The van der Waals surface area contributed by atoms with Crippen molar-refractivity contribution < 1.29 is 5.11 Å². The van der Waals surface area contributed by atoms with Gasteiger partial charge in [0, 0.05) is 27.7 Å². The van der Waals surface area contributed by atoms with Crippen molar-refractivity contribution in [1.29, 1.82) is 0 Å². The molecule has 13 heavy (non-hydrogen) atoms. The van der Waals surface area contributed by atoms with Crippen LogP contribution >= 0.6 is 31.9 Å². The summed E-state index contributed by atoms with van der Waals surface area (Å²) in [6.07, 6.45) is 2.86. The molecule has 1 fully saturated rings. The van der Waals surface area contributed by atoms with Crippen LogP contribution in [0, 0.1) is 5.92 Å². The number of aromatic nitrogens is 1. The second-order valence-electron chi connectivity index (χ2n) is 3.31. The van der Waals surface area contributed by atoms with Crippen LogP contribution in [0.5, 0.6) is 0 Å². The topological polar surface area (TPSA) is 33.1 Å². The molecule has 1 aromatic rings. The third-order valence-electron chi connectivity index (χ3n) is 2.34. The summed E-state index contributed by atoms with van der Waals surface area (Å²) in [4.78, 5) is 4.33. The van der Waals surface area contributed by atoms with Crippen molar-refractivity contribution in [2.24, 2.45) is 5.92 Å². The second-order valence-corrected chi connectivity index (χ2v) is 5.08. The lowest BCUT2D eigenvalue weighted by atomic mass is 10.2. The molecule has 2 rings (SSSR count). The van der Waals surface area contributed by atoms with Gasteiger partial charge < -0.3 is 5.11 Å². The number of aliphatic hydroxyl groups excluding tert-OH is 1. The SMILES string of the molecule is OCC1CC1c1ncc(Br)cc1Br. The monoisotopic (exact) mass is 305 g/mol. The molecule has 1 N–H and O–H groups in total. The van der Waals surface area contributed by atoms with E-state index in [9.17, 15) is 0 Å². The van der Waals surface area contributed by atoms with E-state index in [0.717, 1.165) is 21.1 Å². The van der Waals surface area contributed by atoms with Crippen LogP contribution in [0.25, 0.3) is 0 Å². The number of hydrogen-bond donors (Lipinski definition) is 1. The molecule has 2 nitrogen and oxygen atoms in total. The van der Waals surface area contributed by atoms with Gasteiger partial charge in [-0.1, -0.05) is 0 Å². The van der Waals surface area contributed by atoms with E-state index in [4.69, 9.17) is 5.11 Å². The van der Waals surface area contributed by atoms with Crippen LogP contribution in [0.15, 0.2) is 21.2 Å². The van der Waals surface area contributed by atoms with Crippen molar-refractivity contribution in [2.75, 3.05) is 6.61 Å². The van der Waals surface area contributed by atoms with E-state index in [2.05, 4.69) is 36.8 Å². The first-order valence-electron chi connectivity index (χ1n) is 4.14. The molecule has 0 aliphatic heterocycles. The Kier molecular flexibility index (Phi) is 2.72. The van der Waals surface area contributed by atoms with Crippen LogP contribution in [0.4, 0.5) is 0 Å². The van der Waals surface area contributed by atoms with Crippen molar-refractivity contribution in [2.45, 2.75) is 12.3 Å². The van der Waals surface area contributed by atoms with Crippen LogP contribution in [-0.2, 0) is 0 Å². The highest BCUT2D eigenvalue weighted by atomic mass is 79.9. The number of rotatable bonds is 2. The van der Waals surface area contributed by atoms with E-state index in [1.165, 1.54) is 0 Å². The van der Waals surface area contributed by atoms with Gasteiger partial charge in [0.1, 0.15) is 0 Å². The fraction of sp³-hybridized carbons (Fsp3) is 0.444. The summed E-state index contributed by atoms with van der Waals surface area (Å²) in [6, 6.07) is 2.00. The molecular weight excluding hydrogens is 298 g/mol. The van der Waals surface area contributed by atoms with Gasteiger partial charge in [-0.3, -0.25) is 4.98 Å².